The Morgan fingerprint density at radius 1 is 1.16 bits per heavy atom. The fraction of sp³-hybridized carbons (Fsp3) is 0.429. The van der Waals surface area contributed by atoms with Crippen LogP contribution in [0.2, 0.25) is 0 Å². The van der Waals surface area contributed by atoms with E-state index in [0.29, 0.717) is 4.68 Å². The fourth-order valence-corrected chi connectivity index (χ4v) is 3.92. The highest BCUT2D eigenvalue weighted by atomic mass is 32.2. The summed E-state index contributed by atoms with van der Waals surface area (Å²) in [6.45, 7) is 1.08. The number of carbonyl (C=O) groups excluding carboxylic acids is 1. The number of pyridine rings is 1. The number of amides is 1. The van der Waals surface area contributed by atoms with Crippen molar-refractivity contribution in [3.63, 3.8) is 0 Å². The van der Waals surface area contributed by atoms with E-state index in [1.165, 1.54) is 0 Å². The highest BCUT2D eigenvalue weighted by Crippen LogP contribution is 2.43. The summed E-state index contributed by atoms with van der Waals surface area (Å²) >= 11 is -0.320. The Morgan fingerprint density at radius 3 is 2.23 bits per heavy atom. The van der Waals surface area contributed by atoms with E-state index in [1.807, 2.05) is 0 Å². The maximum absolute atomic E-state index is 13.4. The van der Waals surface area contributed by atoms with Gasteiger partial charge in [-0.25, -0.2) is 18.1 Å². The van der Waals surface area contributed by atoms with Crippen LogP contribution in [0.4, 0.5) is 35.1 Å². The molecular formula is C14H10F8N4O3S2. The monoisotopic (exact) mass is 498 g/mol. The van der Waals surface area contributed by atoms with Gasteiger partial charge >= 0.3 is 18.3 Å². The minimum absolute atomic E-state index is 0.157. The van der Waals surface area contributed by atoms with Crippen molar-refractivity contribution in [1.82, 2.24) is 14.8 Å². The molecule has 0 aromatic carbocycles. The second kappa shape index (κ2) is 7.92. The van der Waals surface area contributed by atoms with Gasteiger partial charge in [-0.1, -0.05) is 18.3 Å². The molecule has 2 rings (SSSR count). The molecule has 0 radical (unpaired) electrons. The molecule has 0 N–H and O–H groups in total. The second-order valence-corrected chi connectivity index (χ2v) is 8.98. The number of hydrogen-bond donors (Lipinski definition) is 0. The van der Waals surface area contributed by atoms with Crippen molar-refractivity contribution in [3.05, 3.63) is 33.3 Å². The number of carbonyl (C=O) groups is 1. The van der Waals surface area contributed by atoms with Crippen LogP contribution in [0.25, 0.3) is 0 Å². The van der Waals surface area contributed by atoms with Crippen molar-refractivity contribution in [3.8, 4) is 0 Å². The van der Waals surface area contributed by atoms with E-state index < -0.39 is 65.7 Å². The normalized spacial score (nSPS) is 14.2. The predicted molar refractivity (Wildman–Crippen MR) is 87.9 cm³/mol. The molecule has 0 aliphatic heterocycles. The minimum Gasteiger partial charge on any atom is -0.265 e. The van der Waals surface area contributed by atoms with Crippen molar-refractivity contribution < 1.29 is 48.3 Å². The van der Waals surface area contributed by atoms with Gasteiger partial charge in [-0.3, -0.25) is 4.79 Å². The molecule has 172 valence electrons. The zero-order valence-electron chi connectivity index (χ0n) is 15.2. The van der Waals surface area contributed by atoms with Crippen LogP contribution in [0.1, 0.15) is 28.0 Å². The van der Waals surface area contributed by atoms with E-state index >= 15 is 0 Å². The van der Waals surface area contributed by atoms with E-state index in [2.05, 4.69) is 15.1 Å². The van der Waals surface area contributed by atoms with E-state index in [9.17, 15) is 48.3 Å². The highest BCUT2D eigenvalue weighted by molar-refractivity contribution is 7.91. The molecule has 7 nitrogen and oxygen atoms in total. The third-order valence-corrected chi connectivity index (χ3v) is 6.44. The Kier molecular flexibility index (Phi) is 6.35. The molecule has 0 aliphatic rings. The molecule has 0 fully saturated rings. The minimum atomic E-state index is -5.99. The molecule has 0 saturated heterocycles. The second-order valence-electron chi connectivity index (χ2n) is 5.77. The lowest BCUT2D eigenvalue weighted by Gasteiger charge is -2.15. The molecule has 0 unspecified atom stereocenters. The van der Waals surface area contributed by atoms with E-state index in [0.717, 1.165) is 14.0 Å². The van der Waals surface area contributed by atoms with Gasteiger partial charge in [0, 0.05) is 13.2 Å². The summed E-state index contributed by atoms with van der Waals surface area (Å²) in [6, 6.07) is 0.157. The quantitative estimate of drug-likeness (QED) is 0.604. The Labute approximate surface area is 172 Å². The lowest BCUT2D eigenvalue weighted by Crippen LogP contribution is -2.33. The average molecular weight is 498 g/mol. The third kappa shape index (κ3) is 4.91. The summed E-state index contributed by atoms with van der Waals surface area (Å²) < 4.78 is 128. The van der Waals surface area contributed by atoms with Gasteiger partial charge in [-0.2, -0.15) is 45.2 Å². The van der Waals surface area contributed by atoms with Crippen LogP contribution in [0.5, 0.6) is 0 Å². The van der Waals surface area contributed by atoms with Crippen LogP contribution in [0.3, 0.4) is 0 Å². The van der Waals surface area contributed by atoms with E-state index in [1.54, 1.807) is 0 Å². The van der Waals surface area contributed by atoms with Gasteiger partial charge in [0.1, 0.15) is 5.69 Å². The van der Waals surface area contributed by atoms with Gasteiger partial charge in [0.25, 0.3) is 5.91 Å². The summed E-state index contributed by atoms with van der Waals surface area (Å²) in [5.74, 6) is -7.66. The zero-order valence-corrected chi connectivity index (χ0v) is 16.8. The largest absolute Gasteiger partial charge is 0.460 e. The maximum Gasteiger partial charge on any atom is 0.460 e. The third-order valence-electron chi connectivity index (χ3n) is 3.63. The van der Waals surface area contributed by atoms with Gasteiger partial charge in [0.2, 0.25) is 4.80 Å². The van der Waals surface area contributed by atoms with Gasteiger partial charge in [0.15, 0.2) is 14.8 Å². The maximum atomic E-state index is 13.4. The average Bonchev–Trinajstić information content (AvgIpc) is 3.00. The molecule has 0 bridgehead atoms. The van der Waals surface area contributed by atoms with E-state index in [4.69, 9.17) is 0 Å². The number of aromatic nitrogens is 3. The molecule has 0 saturated carbocycles. The Bertz CT molecular complexity index is 1180. The molecule has 1 amide bonds. The molecule has 2 aromatic heterocycles. The van der Waals surface area contributed by atoms with Crippen molar-refractivity contribution in [2.24, 2.45) is 12.0 Å². The lowest BCUT2D eigenvalue weighted by molar-refractivity contribution is -0.289. The summed E-state index contributed by atoms with van der Waals surface area (Å²) in [5.41, 5.74) is -2.54. The van der Waals surface area contributed by atoms with Crippen molar-refractivity contribution in [1.29, 1.82) is 0 Å². The van der Waals surface area contributed by atoms with Gasteiger partial charge < -0.3 is 0 Å². The first-order chi connectivity index (χ1) is 13.9. The smallest absolute Gasteiger partial charge is 0.265 e. The number of rotatable bonds is 4. The van der Waals surface area contributed by atoms with E-state index in [-0.39, 0.29) is 23.6 Å². The zero-order chi connectivity index (χ0) is 24.0. The summed E-state index contributed by atoms with van der Waals surface area (Å²) in [5, 5.41) is 1.21. The van der Waals surface area contributed by atoms with Crippen LogP contribution < -0.4 is 4.80 Å². The number of alkyl halides is 8. The van der Waals surface area contributed by atoms with Crippen LogP contribution >= 0.6 is 11.3 Å². The molecule has 2 heterocycles. The lowest BCUT2D eigenvalue weighted by atomic mass is 10.2. The first-order valence-electron chi connectivity index (χ1n) is 7.80. The first-order valence-corrected chi connectivity index (χ1v) is 10.3. The van der Waals surface area contributed by atoms with Crippen molar-refractivity contribution in [2.75, 3.05) is 5.75 Å². The molecule has 17 heteroatoms. The topological polar surface area (TPSA) is 94.3 Å². The summed E-state index contributed by atoms with van der Waals surface area (Å²) in [6.07, 6.45) is -10.8. The van der Waals surface area contributed by atoms with Gasteiger partial charge in [0.05, 0.1) is 16.2 Å². The molecule has 0 aliphatic carbocycles. The number of sulfone groups is 1. The number of halogens is 8. The Morgan fingerprint density at radius 2 is 1.74 bits per heavy atom. The van der Waals surface area contributed by atoms with Crippen LogP contribution in [0.15, 0.2) is 22.2 Å². The van der Waals surface area contributed by atoms with Gasteiger partial charge in [-0.05, 0) is 6.07 Å². The van der Waals surface area contributed by atoms with Crippen molar-refractivity contribution >= 4 is 27.1 Å². The SMILES string of the molecule is CCS(=O)(=O)c1cc(C(F)(F)F)cnc1C(=O)N=c1sc(C(F)(F)C(F)(F)F)nn1C. The summed E-state index contributed by atoms with van der Waals surface area (Å²) in [4.78, 5) is 16.8. The van der Waals surface area contributed by atoms with Crippen LogP contribution in [-0.4, -0.2) is 41.0 Å². The molecular weight excluding hydrogens is 488 g/mol. The Hall–Kier alpha value is -2.43. The van der Waals surface area contributed by atoms with Crippen molar-refractivity contribution in [2.45, 2.75) is 30.1 Å². The highest BCUT2D eigenvalue weighted by Gasteiger charge is 2.61. The van der Waals surface area contributed by atoms with Crippen LogP contribution in [-0.2, 0) is 29.0 Å². The Balaban J connectivity index is 2.65. The molecule has 0 atom stereocenters. The molecule has 31 heavy (non-hydrogen) atoms. The first kappa shape index (κ1) is 24.8. The fourth-order valence-electron chi connectivity index (χ4n) is 1.99. The predicted octanol–water partition coefficient (Wildman–Crippen LogP) is 3.08. The standard InChI is InChI=1S/C14H10F8N4O3S2/c1-3-31(28,29)7-4-6(13(17,18)19)5-23-8(7)9(27)24-11-26(2)25-10(30-11)12(15,16)14(20,21)22/h4-5H,3H2,1-2H3. The summed E-state index contributed by atoms with van der Waals surface area (Å²) in [7, 11) is -3.55. The molecule has 2 aromatic rings. The van der Waals surface area contributed by atoms with Crippen LogP contribution in [0, 0.1) is 0 Å². The van der Waals surface area contributed by atoms with Gasteiger partial charge in [-0.15, -0.1) is 0 Å². The number of aryl methyl sites for hydroxylation is 1. The number of nitrogens with zero attached hydrogens (tertiary/aromatic N) is 4. The molecule has 0 spiro atoms. The number of hydrogen-bond acceptors (Lipinski definition) is 6.